The molecule has 1 atom stereocenters. The van der Waals surface area contributed by atoms with E-state index in [4.69, 9.17) is 0 Å². The van der Waals surface area contributed by atoms with Crippen molar-refractivity contribution in [3.05, 3.63) is 101 Å². The number of fused-ring (bicyclic) bond motifs is 4. The highest BCUT2D eigenvalue weighted by Gasteiger charge is 2.50. The van der Waals surface area contributed by atoms with Crippen LogP contribution < -0.4 is 10.6 Å². The molecule has 3 N–H and O–H groups in total. The van der Waals surface area contributed by atoms with Crippen molar-refractivity contribution in [2.45, 2.75) is 51.0 Å². The molecule has 2 aromatic carbocycles. The first-order valence-corrected chi connectivity index (χ1v) is 13.2. The second kappa shape index (κ2) is 9.08. The number of nitrogens with one attached hydrogen (secondary N) is 3. The molecule has 198 valence electrons. The van der Waals surface area contributed by atoms with Gasteiger partial charge in [-0.25, -0.2) is 0 Å². The van der Waals surface area contributed by atoms with Gasteiger partial charge in [0.1, 0.15) is 5.70 Å². The van der Waals surface area contributed by atoms with Crippen molar-refractivity contribution in [3.8, 4) is 0 Å². The van der Waals surface area contributed by atoms with E-state index in [-0.39, 0.29) is 17.2 Å². The summed E-state index contributed by atoms with van der Waals surface area (Å²) in [7, 11) is 0. The van der Waals surface area contributed by atoms with Crippen molar-refractivity contribution < 1.29 is 9.59 Å². The zero-order valence-corrected chi connectivity index (χ0v) is 22.5. The Morgan fingerprint density at radius 2 is 1.95 bits per heavy atom. The molecular weight excluding hydrogens is 488 g/mol. The minimum absolute atomic E-state index is 0.0609. The van der Waals surface area contributed by atoms with Crippen molar-refractivity contribution in [1.82, 2.24) is 15.1 Å². The molecule has 6 rings (SSSR count). The Morgan fingerprint density at radius 3 is 2.77 bits per heavy atom. The summed E-state index contributed by atoms with van der Waals surface area (Å²) in [5, 5.41) is 13.6. The summed E-state index contributed by atoms with van der Waals surface area (Å²) >= 11 is 0. The third kappa shape index (κ3) is 4.16. The van der Waals surface area contributed by atoms with Crippen LogP contribution >= 0.6 is 0 Å². The van der Waals surface area contributed by atoms with Crippen LogP contribution in [0.1, 0.15) is 48.7 Å². The highest BCUT2D eigenvalue weighted by Crippen LogP contribution is 2.47. The maximum absolute atomic E-state index is 13.5. The van der Waals surface area contributed by atoms with Crippen molar-refractivity contribution in [2.75, 3.05) is 17.2 Å². The SMILES string of the molecule is C=C(/C=C(\N=CC)C(=O)N1Cc2cn[nH]c2C(C)(C)C1)Nc1ccc2c(c1)CC1(C2)C(=O)Nc2ccccc21. The number of para-hydroxylation sites is 1. The Morgan fingerprint density at radius 1 is 1.15 bits per heavy atom. The van der Waals surface area contributed by atoms with E-state index in [0.717, 1.165) is 33.8 Å². The normalized spacial score (nSPS) is 21.1. The van der Waals surface area contributed by atoms with Gasteiger partial charge in [0.15, 0.2) is 0 Å². The largest absolute Gasteiger partial charge is 0.356 e. The van der Waals surface area contributed by atoms with Gasteiger partial charge in [-0.2, -0.15) is 5.10 Å². The molecule has 0 saturated heterocycles. The highest BCUT2D eigenvalue weighted by molar-refractivity contribution is 6.07. The molecule has 1 spiro atoms. The Bertz CT molecular complexity index is 1580. The highest BCUT2D eigenvalue weighted by atomic mass is 16.2. The van der Waals surface area contributed by atoms with Crippen molar-refractivity contribution in [3.63, 3.8) is 0 Å². The second-order valence-corrected chi connectivity index (χ2v) is 11.3. The van der Waals surface area contributed by atoms with Crippen LogP contribution in [0.4, 0.5) is 11.4 Å². The molecule has 8 heteroatoms. The van der Waals surface area contributed by atoms with E-state index in [0.29, 0.717) is 37.3 Å². The number of anilines is 2. The van der Waals surface area contributed by atoms with Gasteiger partial charge in [-0.1, -0.05) is 44.7 Å². The van der Waals surface area contributed by atoms with Crippen LogP contribution in [0.2, 0.25) is 0 Å². The number of allylic oxidation sites excluding steroid dienone is 1. The number of aromatic amines is 1. The monoisotopic (exact) mass is 520 g/mol. The van der Waals surface area contributed by atoms with Gasteiger partial charge in [0.25, 0.3) is 5.91 Å². The van der Waals surface area contributed by atoms with Gasteiger partial charge < -0.3 is 15.5 Å². The number of hydrogen-bond acceptors (Lipinski definition) is 5. The van der Waals surface area contributed by atoms with Crippen molar-refractivity contribution in [1.29, 1.82) is 0 Å². The van der Waals surface area contributed by atoms with Crippen LogP contribution in [0.15, 0.2) is 77.7 Å². The van der Waals surface area contributed by atoms with Gasteiger partial charge in [0.2, 0.25) is 5.91 Å². The molecule has 3 aliphatic rings. The Labute approximate surface area is 227 Å². The molecule has 1 unspecified atom stereocenters. The third-order valence-electron chi connectivity index (χ3n) is 8.05. The number of nitrogens with zero attached hydrogens (tertiary/aromatic N) is 3. The van der Waals surface area contributed by atoms with Crippen molar-refractivity contribution >= 4 is 29.4 Å². The Balaban J connectivity index is 1.20. The van der Waals surface area contributed by atoms with Gasteiger partial charge in [0.05, 0.1) is 11.6 Å². The Kier molecular flexibility index (Phi) is 5.79. The van der Waals surface area contributed by atoms with Gasteiger partial charge in [-0.3, -0.25) is 19.7 Å². The van der Waals surface area contributed by atoms with E-state index in [2.05, 4.69) is 64.4 Å². The number of aromatic nitrogens is 2. The molecule has 1 aliphatic carbocycles. The van der Waals surface area contributed by atoms with E-state index < -0.39 is 5.41 Å². The zero-order valence-electron chi connectivity index (χ0n) is 22.5. The number of carbonyl (C=O) groups excluding carboxylic acids is 2. The standard InChI is InChI=1S/C31H32N6O2/c1-5-32-26(28(38)37-17-22-16-33-36-27(22)30(3,4)18-37)12-19(2)34-23-11-10-20-14-31(15-21(20)13-23)24-8-6-7-9-25(24)35-29(31)39/h5-13,16,34H,2,14-15,17-18H2,1,3-4H3,(H,33,36)(H,35,39)/b26-12-,32-5?. The van der Waals surface area contributed by atoms with E-state index in [1.165, 1.54) is 5.56 Å². The summed E-state index contributed by atoms with van der Waals surface area (Å²) in [5.41, 5.74) is 7.30. The first kappa shape index (κ1) is 24.9. The lowest BCUT2D eigenvalue weighted by atomic mass is 9.79. The van der Waals surface area contributed by atoms with Crippen LogP contribution in [0.5, 0.6) is 0 Å². The molecule has 1 aromatic heterocycles. The third-order valence-corrected chi connectivity index (χ3v) is 8.05. The fourth-order valence-corrected chi connectivity index (χ4v) is 6.30. The minimum Gasteiger partial charge on any atom is -0.356 e. The zero-order chi connectivity index (χ0) is 27.4. The number of hydrogen-bond donors (Lipinski definition) is 3. The molecule has 8 nitrogen and oxygen atoms in total. The number of rotatable bonds is 5. The van der Waals surface area contributed by atoms with Crippen LogP contribution in [-0.2, 0) is 39.8 Å². The molecule has 2 aliphatic heterocycles. The maximum Gasteiger partial charge on any atom is 0.272 e. The summed E-state index contributed by atoms with van der Waals surface area (Å²) < 4.78 is 0. The molecule has 3 aromatic rings. The molecule has 0 bridgehead atoms. The predicted molar refractivity (Wildman–Crippen MR) is 153 cm³/mol. The number of aliphatic imine (C=N–C) groups is 1. The van der Waals surface area contributed by atoms with Gasteiger partial charge in [0, 0.05) is 53.0 Å². The van der Waals surface area contributed by atoms with Crippen LogP contribution in [0, 0.1) is 0 Å². The summed E-state index contributed by atoms with van der Waals surface area (Å²) in [6.07, 6.45) is 6.42. The Hall–Kier alpha value is -4.46. The summed E-state index contributed by atoms with van der Waals surface area (Å²) in [4.78, 5) is 32.8. The van der Waals surface area contributed by atoms with Gasteiger partial charge in [-0.05, 0) is 60.7 Å². The molecule has 0 saturated carbocycles. The molecule has 2 amide bonds. The van der Waals surface area contributed by atoms with E-state index >= 15 is 0 Å². The molecular formula is C31H32N6O2. The van der Waals surface area contributed by atoms with Gasteiger partial charge in [-0.15, -0.1) is 0 Å². The van der Waals surface area contributed by atoms with Crippen molar-refractivity contribution in [2.24, 2.45) is 4.99 Å². The number of benzene rings is 2. The average molecular weight is 521 g/mol. The first-order valence-electron chi connectivity index (χ1n) is 13.2. The lowest BCUT2D eigenvalue weighted by molar-refractivity contribution is -0.129. The summed E-state index contributed by atoms with van der Waals surface area (Å²) in [6, 6.07) is 14.1. The summed E-state index contributed by atoms with van der Waals surface area (Å²) in [6.45, 7) is 11.2. The van der Waals surface area contributed by atoms with Crippen LogP contribution in [-0.4, -0.2) is 39.7 Å². The number of carbonyl (C=O) groups is 2. The minimum atomic E-state index is -0.555. The number of H-pyrrole nitrogens is 1. The average Bonchev–Trinajstić information content (AvgIpc) is 3.60. The lowest BCUT2D eigenvalue weighted by Crippen LogP contribution is -2.45. The maximum atomic E-state index is 13.5. The van der Waals surface area contributed by atoms with Crippen LogP contribution in [0.25, 0.3) is 0 Å². The number of amides is 2. The van der Waals surface area contributed by atoms with E-state index in [1.807, 2.05) is 29.2 Å². The first-order chi connectivity index (χ1) is 18.7. The fourth-order valence-electron chi connectivity index (χ4n) is 6.30. The smallest absolute Gasteiger partial charge is 0.272 e. The van der Waals surface area contributed by atoms with Gasteiger partial charge >= 0.3 is 0 Å². The quantitative estimate of drug-likeness (QED) is 0.260. The molecule has 0 radical (unpaired) electrons. The predicted octanol–water partition coefficient (Wildman–Crippen LogP) is 4.62. The van der Waals surface area contributed by atoms with E-state index in [1.54, 1.807) is 25.4 Å². The topological polar surface area (TPSA) is 102 Å². The lowest BCUT2D eigenvalue weighted by Gasteiger charge is -2.37. The fraction of sp³-hybridized carbons (Fsp3) is 0.290. The second-order valence-electron chi connectivity index (χ2n) is 11.3. The molecule has 3 heterocycles. The van der Waals surface area contributed by atoms with E-state index in [9.17, 15) is 9.59 Å². The summed E-state index contributed by atoms with van der Waals surface area (Å²) in [5.74, 6) is -0.0939. The van der Waals surface area contributed by atoms with Crippen LogP contribution in [0.3, 0.4) is 0 Å². The molecule has 0 fully saturated rings. The molecule has 39 heavy (non-hydrogen) atoms.